The molecule has 2 rings (SSSR count). The predicted molar refractivity (Wildman–Crippen MR) is 76.7 cm³/mol. The van der Waals surface area contributed by atoms with Crippen LogP contribution in [0.25, 0.3) is 0 Å². The number of piperidine rings is 1. The average molecular weight is 271 g/mol. The molecule has 2 atom stereocenters. The third-order valence-corrected chi connectivity index (χ3v) is 5.18. The first kappa shape index (κ1) is 14.2. The SMILES string of the molecule is CSC1CCC(NC(=O)CN2CCC(N)CC2)C1. The molecule has 4 nitrogen and oxygen atoms in total. The maximum absolute atomic E-state index is 12.0. The quantitative estimate of drug-likeness (QED) is 0.794. The molecule has 1 saturated carbocycles. The van der Waals surface area contributed by atoms with Gasteiger partial charge in [0.2, 0.25) is 5.91 Å². The van der Waals surface area contributed by atoms with Gasteiger partial charge in [0.1, 0.15) is 0 Å². The van der Waals surface area contributed by atoms with Gasteiger partial charge in [0, 0.05) is 30.4 Å². The van der Waals surface area contributed by atoms with Crippen LogP contribution >= 0.6 is 11.8 Å². The van der Waals surface area contributed by atoms with E-state index in [0.717, 1.165) is 44.0 Å². The Bertz CT molecular complexity index is 273. The molecule has 18 heavy (non-hydrogen) atoms. The van der Waals surface area contributed by atoms with Crippen molar-refractivity contribution in [3.05, 3.63) is 0 Å². The Balaban J connectivity index is 1.66. The fourth-order valence-corrected chi connectivity index (χ4v) is 3.67. The van der Waals surface area contributed by atoms with E-state index in [4.69, 9.17) is 5.73 Å². The summed E-state index contributed by atoms with van der Waals surface area (Å²) >= 11 is 1.92. The number of rotatable bonds is 4. The molecule has 1 saturated heterocycles. The van der Waals surface area contributed by atoms with Crippen LogP contribution < -0.4 is 11.1 Å². The first-order valence-corrected chi connectivity index (χ1v) is 8.26. The van der Waals surface area contributed by atoms with Gasteiger partial charge in [-0.2, -0.15) is 11.8 Å². The highest BCUT2D eigenvalue weighted by Gasteiger charge is 2.26. The molecular weight excluding hydrogens is 246 g/mol. The molecule has 0 bridgehead atoms. The van der Waals surface area contributed by atoms with Crippen LogP contribution in [-0.2, 0) is 4.79 Å². The largest absolute Gasteiger partial charge is 0.352 e. The summed E-state index contributed by atoms with van der Waals surface area (Å²) in [5.74, 6) is 0.192. The summed E-state index contributed by atoms with van der Waals surface area (Å²) in [6.45, 7) is 2.48. The molecule has 1 heterocycles. The lowest BCUT2D eigenvalue weighted by molar-refractivity contribution is -0.123. The van der Waals surface area contributed by atoms with Crippen molar-refractivity contribution in [2.45, 2.75) is 49.4 Å². The Labute approximate surface area is 114 Å². The molecule has 0 spiro atoms. The molecule has 0 aromatic heterocycles. The van der Waals surface area contributed by atoms with Crippen molar-refractivity contribution in [1.29, 1.82) is 0 Å². The van der Waals surface area contributed by atoms with Crippen molar-refractivity contribution in [1.82, 2.24) is 10.2 Å². The molecule has 0 aromatic rings. The van der Waals surface area contributed by atoms with Crippen LogP contribution in [0.15, 0.2) is 0 Å². The van der Waals surface area contributed by atoms with E-state index in [2.05, 4.69) is 16.5 Å². The summed E-state index contributed by atoms with van der Waals surface area (Å²) in [7, 11) is 0. The fraction of sp³-hybridized carbons (Fsp3) is 0.923. The van der Waals surface area contributed by atoms with Gasteiger partial charge in [-0.25, -0.2) is 0 Å². The van der Waals surface area contributed by atoms with E-state index in [1.165, 1.54) is 6.42 Å². The maximum atomic E-state index is 12.0. The highest BCUT2D eigenvalue weighted by atomic mass is 32.2. The minimum absolute atomic E-state index is 0.192. The lowest BCUT2D eigenvalue weighted by Crippen LogP contribution is -2.46. The van der Waals surface area contributed by atoms with Gasteiger partial charge in [0.25, 0.3) is 0 Å². The lowest BCUT2D eigenvalue weighted by Gasteiger charge is -2.29. The Morgan fingerprint density at radius 3 is 2.67 bits per heavy atom. The standard InChI is InChI=1S/C13H25N3OS/c1-18-12-3-2-11(8-12)15-13(17)9-16-6-4-10(14)5-7-16/h10-12H,2-9,14H2,1H3,(H,15,17). The summed E-state index contributed by atoms with van der Waals surface area (Å²) in [5.41, 5.74) is 5.86. The molecule has 1 aliphatic carbocycles. The Kier molecular flexibility index (Phi) is 5.33. The molecule has 2 aliphatic rings. The Morgan fingerprint density at radius 2 is 2.06 bits per heavy atom. The van der Waals surface area contributed by atoms with Crippen molar-refractivity contribution in [2.75, 3.05) is 25.9 Å². The minimum Gasteiger partial charge on any atom is -0.352 e. The summed E-state index contributed by atoms with van der Waals surface area (Å²) in [6.07, 6.45) is 7.72. The zero-order valence-electron chi connectivity index (χ0n) is 11.2. The number of likely N-dealkylation sites (tertiary alicyclic amines) is 1. The third-order valence-electron chi connectivity index (χ3n) is 4.08. The van der Waals surface area contributed by atoms with Gasteiger partial charge in [-0.05, 0) is 38.4 Å². The summed E-state index contributed by atoms with van der Waals surface area (Å²) in [6, 6.07) is 0.739. The van der Waals surface area contributed by atoms with E-state index in [1.54, 1.807) is 0 Å². The molecule has 2 unspecified atom stereocenters. The van der Waals surface area contributed by atoms with Crippen LogP contribution in [0, 0.1) is 0 Å². The van der Waals surface area contributed by atoms with Crippen molar-refractivity contribution in [3.8, 4) is 0 Å². The number of carbonyl (C=O) groups excluding carboxylic acids is 1. The van der Waals surface area contributed by atoms with Gasteiger partial charge in [-0.1, -0.05) is 0 Å². The Hall–Kier alpha value is -0.260. The number of nitrogens with two attached hydrogens (primary N) is 1. The smallest absolute Gasteiger partial charge is 0.234 e. The molecule has 0 aromatic carbocycles. The number of carbonyl (C=O) groups is 1. The second kappa shape index (κ2) is 6.78. The van der Waals surface area contributed by atoms with E-state index in [0.29, 0.717) is 18.6 Å². The molecule has 5 heteroatoms. The van der Waals surface area contributed by atoms with Gasteiger partial charge >= 0.3 is 0 Å². The topological polar surface area (TPSA) is 58.4 Å². The van der Waals surface area contributed by atoms with Crippen LogP contribution in [0.4, 0.5) is 0 Å². The Morgan fingerprint density at radius 1 is 1.33 bits per heavy atom. The molecule has 104 valence electrons. The van der Waals surface area contributed by atoms with E-state index in [9.17, 15) is 4.79 Å². The monoisotopic (exact) mass is 271 g/mol. The zero-order chi connectivity index (χ0) is 13.0. The minimum atomic E-state index is 0.192. The number of hydrogen-bond donors (Lipinski definition) is 2. The van der Waals surface area contributed by atoms with Crippen molar-refractivity contribution < 1.29 is 4.79 Å². The van der Waals surface area contributed by atoms with E-state index in [1.807, 2.05) is 11.8 Å². The van der Waals surface area contributed by atoms with Gasteiger partial charge in [0.15, 0.2) is 0 Å². The first-order valence-electron chi connectivity index (χ1n) is 6.97. The highest BCUT2D eigenvalue weighted by molar-refractivity contribution is 7.99. The first-order chi connectivity index (χ1) is 8.67. The fourth-order valence-electron chi connectivity index (χ4n) is 2.87. The summed E-state index contributed by atoms with van der Waals surface area (Å²) in [4.78, 5) is 14.2. The van der Waals surface area contributed by atoms with Crippen molar-refractivity contribution >= 4 is 17.7 Å². The van der Waals surface area contributed by atoms with Gasteiger partial charge < -0.3 is 11.1 Å². The molecular formula is C13H25N3OS. The van der Waals surface area contributed by atoms with E-state index < -0.39 is 0 Å². The maximum Gasteiger partial charge on any atom is 0.234 e. The van der Waals surface area contributed by atoms with E-state index >= 15 is 0 Å². The molecule has 1 amide bonds. The van der Waals surface area contributed by atoms with Gasteiger partial charge in [-0.15, -0.1) is 0 Å². The number of amides is 1. The summed E-state index contributed by atoms with van der Waals surface area (Å²) < 4.78 is 0. The number of hydrogen-bond acceptors (Lipinski definition) is 4. The highest BCUT2D eigenvalue weighted by Crippen LogP contribution is 2.28. The number of nitrogens with zero attached hydrogens (tertiary/aromatic N) is 1. The molecule has 2 fully saturated rings. The predicted octanol–water partition coefficient (Wildman–Crippen LogP) is 0.810. The van der Waals surface area contributed by atoms with E-state index in [-0.39, 0.29) is 5.91 Å². The van der Waals surface area contributed by atoms with Gasteiger partial charge in [0.05, 0.1) is 6.54 Å². The van der Waals surface area contributed by atoms with Crippen LogP contribution in [0.3, 0.4) is 0 Å². The number of nitrogens with one attached hydrogen (secondary N) is 1. The molecule has 1 aliphatic heterocycles. The van der Waals surface area contributed by atoms with Crippen LogP contribution in [0.5, 0.6) is 0 Å². The third kappa shape index (κ3) is 4.14. The van der Waals surface area contributed by atoms with Crippen molar-refractivity contribution in [2.24, 2.45) is 5.73 Å². The van der Waals surface area contributed by atoms with Crippen molar-refractivity contribution in [3.63, 3.8) is 0 Å². The second-order valence-corrected chi connectivity index (χ2v) is 6.69. The summed E-state index contributed by atoms with van der Waals surface area (Å²) in [5, 5.41) is 3.92. The normalized spacial score (nSPS) is 30.6. The van der Waals surface area contributed by atoms with Crippen LogP contribution in [0.1, 0.15) is 32.1 Å². The van der Waals surface area contributed by atoms with Crippen LogP contribution in [-0.4, -0.2) is 54.0 Å². The number of thioether (sulfide) groups is 1. The van der Waals surface area contributed by atoms with Crippen LogP contribution in [0.2, 0.25) is 0 Å². The average Bonchev–Trinajstić information content (AvgIpc) is 2.79. The lowest BCUT2D eigenvalue weighted by atomic mass is 10.1. The zero-order valence-corrected chi connectivity index (χ0v) is 12.0. The van der Waals surface area contributed by atoms with Gasteiger partial charge in [-0.3, -0.25) is 9.69 Å². The molecule has 3 N–H and O–H groups in total. The second-order valence-electron chi connectivity index (χ2n) is 5.55. The molecule has 0 radical (unpaired) electrons.